The third kappa shape index (κ3) is 3.08. The van der Waals surface area contributed by atoms with E-state index in [4.69, 9.17) is 5.73 Å². The number of nitrogens with two attached hydrogens (primary N) is 1. The van der Waals surface area contributed by atoms with Crippen LogP contribution >= 0.6 is 0 Å². The molecule has 0 spiro atoms. The van der Waals surface area contributed by atoms with Gasteiger partial charge in [-0.25, -0.2) is 0 Å². The number of nitrogen functional groups attached to an aromatic ring is 1. The van der Waals surface area contributed by atoms with Crippen molar-refractivity contribution in [1.29, 1.82) is 0 Å². The number of aromatic nitrogens is 1. The number of hydrogen-bond donors (Lipinski definition) is 2. The van der Waals surface area contributed by atoms with Crippen molar-refractivity contribution in [1.82, 2.24) is 4.98 Å². The number of nitrogens with zero attached hydrogens (tertiary/aromatic N) is 1. The molecule has 3 N–H and O–H groups in total. The summed E-state index contributed by atoms with van der Waals surface area (Å²) in [4.78, 5) is 3.94. The molecule has 1 heterocycles. The van der Waals surface area contributed by atoms with E-state index in [1.807, 2.05) is 24.3 Å². The Balaban J connectivity index is 2.01. The van der Waals surface area contributed by atoms with Gasteiger partial charge in [-0.15, -0.1) is 0 Å². The molecule has 1 aromatic carbocycles. The van der Waals surface area contributed by atoms with Crippen molar-refractivity contribution in [2.45, 2.75) is 6.42 Å². The van der Waals surface area contributed by atoms with E-state index in [0.29, 0.717) is 5.69 Å². The molecule has 3 heteroatoms. The molecule has 0 saturated heterocycles. The van der Waals surface area contributed by atoms with Crippen molar-refractivity contribution in [3.8, 4) is 0 Å². The summed E-state index contributed by atoms with van der Waals surface area (Å²) in [6.45, 7) is 4.00. The van der Waals surface area contributed by atoms with Crippen LogP contribution < -0.4 is 11.1 Å². The third-order valence-corrected chi connectivity index (χ3v) is 2.42. The molecule has 3 nitrogen and oxygen atoms in total. The molecule has 0 amide bonds. The molecule has 86 valence electrons. The molecular weight excluding hydrogens is 210 g/mol. The molecular formula is C14H15N3. The van der Waals surface area contributed by atoms with Crippen molar-refractivity contribution in [2.24, 2.45) is 0 Å². The lowest BCUT2D eigenvalue weighted by Crippen LogP contribution is -2.04. The smallest absolute Gasteiger partial charge is 0.0739 e. The normalized spacial score (nSPS) is 9.88. The number of anilines is 2. The first-order chi connectivity index (χ1) is 8.25. The van der Waals surface area contributed by atoms with Gasteiger partial charge in [0.1, 0.15) is 0 Å². The second-order valence-electron chi connectivity index (χ2n) is 3.85. The SMILES string of the molecule is C=C(Cc1ccccc1)Nc1ccncc1N. The molecule has 0 unspecified atom stereocenters. The van der Waals surface area contributed by atoms with Gasteiger partial charge in [-0.3, -0.25) is 4.98 Å². The van der Waals surface area contributed by atoms with Crippen molar-refractivity contribution in [3.63, 3.8) is 0 Å². The maximum atomic E-state index is 5.80. The Hall–Kier alpha value is -2.29. The van der Waals surface area contributed by atoms with E-state index in [-0.39, 0.29) is 0 Å². The number of rotatable bonds is 4. The zero-order valence-corrected chi connectivity index (χ0v) is 9.56. The van der Waals surface area contributed by atoms with Crippen molar-refractivity contribution >= 4 is 11.4 Å². The highest BCUT2D eigenvalue weighted by Gasteiger charge is 2.00. The Morgan fingerprint density at radius 3 is 2.71 bits per heavy atom. The number of allylic oxidation sites excluding steroid dienone is 1. The number of benzene rings is 1. The fourth-order valence-corrected chi connectivity index (χ4v) is 1.60. The van der Waals surface area contributed by atoms with Crippen LogP contribution in [-0.4, -0.2) is 4.98 Å². The molecule has 0 aliphatic carbocycles. The summed E-state index contributed by atoms with van der Waals surface area (Å²) in [5.74, 6) is 0. The van der Waals surface area contributed by atoms with Crippen LogP contribution in [0.2, 0.25) is 0 Å². The van der Waals surface area contributed by atoms with E-state index in [0.717, 1.165) is 17.8 Å². The summed E-state index contributed by atoms with van der Waals surface area (Å²) in [7, 11) is 0. The van der Waals surface area contributed by atoms with E-state index < -0.39 is 0 Å². The molecule has 0 fully saturated rings. The minimum absolute atomic E-state index is 0.627. The van der Waals surface area contributed by atoms with Crippen LogP contribution in [0.3, 0.4) is 0 Å². The molecule has 0 bridgehead atoms. The lowest BCUT2D eigenvalue weighted by molar-refractivity contribution is 1.16. The lowest BCUT2D eigenvalue weighted by atomic mass is 10.1. The summed E-state index contributed by atoms with van der Waals surface area (Å²) in [6, 6.07) is 12.0. The first-order valence-electron chi connectivity index (χ1n) is 5.44. The van der Waals surface area contributed by atoms with Gasteiger partial charge in [0.15, 0.2) is 0 Å². The molecule has 2 aromatic rings. The first kappa shape index (κ1) is 11.2. The van der Waals surface area contributed by atoms with Crippen molar-refractivity contribution in [2.75, 3.05) is 11.1 Å². The summed E-state index contributed by atoms with van der Waals surface area (Å²) < 4.78 is 0. The molecule has 0 aliphatic rings. The monoisotopic (exact) mass is 225 g/mol. The third-order valence-electron chi connectivity index (χ3n) is 2.42. The van der Waals surface area contributed by atoms with E-state index in [1.54, 1.807) is 12.4 Å². The first-order valence-corrected chi connectivity index (χ1v) is 5.44. The quantitative estimate of drug-likeness (QED) is 0.841. The van der Waals surface area contributed by atoms with Crippen LogP contribution in [0, 0.1) is 0 Å². The molecule has 1 aromatic heterocycles. The van der Waals surface area contributed by atoms with Gasteiger partial charge in [-0.1, -0.05) is 36.9 Å². The Labute approximate surface area is 101 Å². The molecule has 0 atom stereocenters. The minimum atomic E-state index is 0.627. The van der Waals surface area contributed by atoms with E-state index in [1.165, 1.54) is 5.56 Å². The van der Waals surface area contributed by atoms with Gasteiger partial charge in [0.05, 0.1) is 17.6 Å². The maximum Gasteiger partial charge on any atom is 0.0739 e. The van der Waals surface area contributed by atoms with E-state index in [2.05, 4.69) is 29.0 Å². The molecule has 0 saturated carbocycles. The Kier molecular flexibility index (Phi) is 3.40. The number of hydrogen-bond acceptors (Lipinski definition) is 3. The lowest BCUT2D eigenvalue weighted by Gasteiger charge is -2.11. The predicted molar refractivity (Wildman–Crippen MR) is 71.6 cm³/mol. The van der Waals surface area contributed by atoms with Crippen LogP contribution in [0.4, 0.5) is 11.4 Å². The number of pyridine rings is 1. The van der Waals surface area contributed by atoms with Gasteiger partial charge < -0.3 is 11.1 Å². The van der Waals surface area contributed by atoms with Gasteiger partial charge in [0.2, 0.25) is 0 Å². The van der Waals surface area contributed by atoms with E-state index in [9.17, 15) is 0 Å². The summed E-state index contributed by atoms with van der Waals surface area (Å²) in [5.41, 5.74) is 9.40. The van der Waals surface area contributed by atoms with Crippen LogP contribution in [-0.2, 0) is 6.42 Å². The number of nitrogens with one attached hydrogen (secondary N) is 1. The maximum absolute atomic E-state index is 5.80. The zero-order chi connectivity index (χ0) is 12.1. The van der Waals surface area contributed by atoms with Gasteiger partial charge in [-0.2, -0.15) is 0 Å². The predicted octanol–water partition coefficient (Wildman–Crippen LogP) is 2.83. The van der Waals surface area contributed by atoms with Crippen molar-refractivity contribution < 1.29 is 0 Å². The minimum Gasteiger partial charge on any atom is -0.396 e. The van der Waals surface area contributed by atoms with Gasteiger partial charge in [0.25, 0.3) is 0 Å². The van der Waals surface area contributed by atoms with Crippen molar-refractivity contribution in [3.05, 3.63) is 66.6 Å². The summed E-state index contributed by atoms with van der Waals surface area (Å²) >= 11 is 0. The second-order valence-corrected chi connectivity index (χ2v) is 3.85. The fourth-order valence-electron chi connectivity index (χ4n) is 1.60. The van der Waals surface area contributed by atoms with Gasteiger partial charge in [0, 0.05) is 18.3 Å². The van der Waals surface area contributed by atoms with Gasteiger partial charge >= 0.3 is 0 Å². The van der Waals surface area contributed by atoms with Crippen LogP contribution in [0.25, 0.3) is 0 Å². The molecule has 2 rings (SSSR count). The highest BCUT2D eigenvalue weighted by Crippen LogP contribution is 2.18. The largest absolute Gasteiger partial charge is 0.396 e. The highest BCUT2D eigenvalue weighted by molar-refractivity contribution is 5.66. The van der Waals surface area contributed by atoms with Crippen LogP contribution in [0.1, 0.15) is 5.56 Å². The highest BCUT2D eigenvalue weighted by atomic mass is 14.9. The fraction of sp³-hybridized carbons (Fsp3) is 0.0714. The summed E-state index contributed by atoms with van der Waals surface area (Å²) in [6.07, 6.45) is 4.11. The Morgan fingerprint density at radius 1 is 1.24 bits per heavy atom. The Morgan fingerprint density at radius 2 is 2.00 bits per heavy atom. The van der Waals surface area contributed by atoms with Crippen LogP contribution in [0.5, 0.6) is 0 Å². The zero-order valence-electron chi connectivity index (χ0n) is 9.56. The molecule has 0 radical (unpaired) electrons. The summed E-state index contributed by atoms with van der Waals surface area (Å²) in [5, 5.41) is 3.20. The average Bonchev–Trinajstić information content (AvgIpc) is 2.33. The molecule has 0 aliphatic heterocycles. The standard InChI is InChI=1S/C14H15N3/c1-11(9-12-5-3-2-4-6-12)17-14-7-8-16-10-13(14)15/h2-8,10H,1,9,15H2,(H,16,17). The van der Waals surface area contributed by atoms with Crippen LogP contribution in [0.15, 0.2) is 61.1 Å². The second kappa shape index (κ2) is 5.16. The average molecular weight is 225 g/mol. The van der Waals surface area contributed by atoms with E-state index >= 15 is 0 Å². The topological polar surface area (TPSA) is 50.9 Å². The van der Waals surface area contributed by atoms with Gasteiger partial charge in [-0.05, 0) is 11.6 Å². The molecule has 17 heavy (non-hydrogen) atoms. The Bertz CT molecular complexity index is 506.